The monoisotopic (exact) mass is 436 g/mol. The van der Waals surface area contributed by atoms with Crippen LogP contribution in [-0.2, 0) is 14.8 Å². The quantitative estimate of drug-likeness (QED) is 0.386. The van der Waals surface area contributed by atoms with Crippen LogP contribution in [0.1, 0.15) is 44.3 Å². The van der Waals surface area contributed by atoms with Crippen molar-refractivity contribution in [3.05, 3.63) is 55.1 Å². The summed E-state index contributed by atoms with van der Waals surface area (Å²) in [6.07, 6.45) is 3.79. The highest BCUT2D eigenvalue weighted by Crippen LogP contribution is 2.34. The van der Waals surface area contributed by atoms with E-state index in [1.54, 1.807) is 0 Å². The second-order valence-electron chi connectivity index (χ2n) is 7.38. The van der Waals surface area contributed by atoms with Crippen LogP contribution < -0.4 is 10.1 Å². The number of aliphatic hydroxyl groups is 1. The summed E-state index contributed by atoms with van der Waals surface area (Å²) in [7, 11) is -3.77. The summed E-state index contributed by atoms with van der Waals surface area (Å²) >= 11 is 0. The first-order valence-corrected chi connectivity index (χ1v) is 11.7. The van der Waals surface area contributed by atoms with Crippen LogP contribution in [0.4, 0.5) is 0 Å². The number of carbonyl (C=O) groups excluding carboxylic acids is 1. The van der Waals surface area contributed by atoms with Crippen LogP contribution in [-0.4, -0.2) is 54.7 Å². The average Bonchev–Trinajstić information content (AvgIpc) is 2.72. The predicted octanol–water partition coefficient (Wildman–Crippen LogP) is 2.55. The molecular formula is C22H32N2O5S. The molecule has 0 bridgehead atoms. The fraction of sp³-hybridized carbons (Fsp3) is 0.500. The number of ether oxygens (including phenoxy) is 1. The molecule has 1 aromatic rings. The number of aliphatic hydroxyl groups excluding tert-OH is 1. The van der Waals surface area contributed by atoms with E-state index in [-0.39, 0.29) is 19.1 Å². The first-order chi connectivity index (χ1) is 14.3. The lowest BCUT2D eigenvalue weighted by molar-refractivity contribution is -0.125. The minimum Gasteiger partial charge on any atom is -0.489 e. The topological polar surface area (TPSA) is 95.9 Å². The molecule has 7 nitrogen and oxygen atoms in total. The van der Waals surface area contributed by atoms with Crippen molar-refractivity contribution >= 4 is 15.9 Å². The van der Waals surface area contributed by atoms with E-state index in [0.717, 1.165) is 9.87 Å². The minimum absolute atomic E-state index is 0.0236. The Morgan fingerprint density at radius 2 is 2.10 bits per heavy atom. The third kappa shape index (κ3) is 6.17. The molecule has 0 saturated carbocycles. The van der Waals surface area contributed by atoms with Gasteiger partial charge >= 0.3 is 0 Å². The normalized spacial score (nSPS) is 19.3. The molecule has 166 valence electrons. The van der Waals surface area contributed by atoms with E-state index in [2.05, 4.69) is 18.5 Å². The molecule has 0 fully saturated rings. The van der Waals surface area contributed by atoms with Crippen LogP contribution in [0.2, 0.25) is 0 Å². The molecule has 0 saturated heterocycles. The molecular weight excluding hydrogens is 404 g/mol. The van der Waals surface area contributed by atoms with Crippen LogP contribution in [0, 0.1) is 0 Å². The Morgan fingerprint density at radius 3 is 2.80 bits per heavy atom. The number of para-hydroxylation sites is 1. The number of hydrogen-bond acceptors (Lipinski definition) is 6. The molecule has 0 aromatic heterocycles. The van der Waals surface area contributed by atoms with Crippen molar-refractivity contribution < 1.29 is 23.1 Å². The number of nitrogens with one attached hydrogen (secondary N) is 1. The van der Waals surface area contributed by atoms with Crippen molar-refractivity contribution in [2.24, 2.45) is 0 Å². The Labute approximate surface area is 179 Å². The van der Waals surface area contributed by atoms with Gasteiger partial charge in [0.15, 0.2) is 0 Å². The van der Waals surface area contributed by atoms with Gasteiger partial charge in [-0.1, -0.05) is 30.4 Å². The lowest BCUT2D eigenvalue weighted by Crippen LogP contribution is -2.42. The van der Waals surface area contributed by atoms with Crippen LogP contribution >= 0.6 is 0 Å². The van der Waals surface area contributed by atoms with E-state index in [0.29, 0.717) is 38.1 Å². The highest BCUT2D eigenvalue weighted by atomic mass is 32.2. The van der Waals surface area contributed by atoms with Crippen LogP contribution in [0.25, 0.3) is 0 Å². The highest BCUT2D eigenvalue weighted by Gasteiger charge is 2.30. The summed E-state index contributed by atoms with van der Waals surface area (Å²) in [5.41, 5.74) is 0.813. The molecule has 1 aromatic carbocycles. The van der Waals surface area contributed by atoms with Gasteiger partial charge in [0.25, 0.3) is 0 Å². The second-order valence-corrected chi connectivity index (χ2v) is 9.60. The number of unbranched alkanes of at least 4 members (excludes halogenated alkanes) is 1. The molecule has 0 radical (unpaired) electrons. The lowest BCUT2D eigenvalue weighted by atomic mass is 9.99. The van der Waals surface area contributed by atoms with Crippen molar-refractivity contribution in [1.82, 2.24) is 9.62 Å². The van der Waals surface area contributed by atoms with Crippen molar-refractivity contribution in [1.29, 1.82) is 0 Å². The van der Waals surface area contributed by atoms with Crippen LogP contribution in [0.5, 0.6) is 5.75 Å². The Morgan fingerprint density at radius 1 is 1.37 bits per heavy atom. The summed E-state index contributed by atoms with van der Waals surface area (Å²) in [6, 6.07) is 7.47. The summed E-state index contributed by atoms with van der Waals surface area (Å²) in [5, 5.41) is 12.7. The number of benzene rings is 1. The molecule has 1 aliphatic rings. The van der Waals surface area contributed by atoms with E-state index < -0.39 is 27.3 Å². The fourth-order valence-corrected chi connectivity index (χ4v) is 4.69. The lowest BCUT2D eigenvalue weighted by Gasteiger charge is -2.29. The maximum Gasteiger partial charge on any atom is 0.243 e. The zero-order chi connectivity index (χ0) is 22.1. The van der Waals surface area contributed by atoms with Gasteiger partial charge in [-0.25, -0.2) is 12.7 Å². The van der Waals surface area contributed by atoms with E-state index in [4.69, 9.17) is 4.74 Å². The van der Waals surface area contributed by atoms with Crippen LogP contribution in [0.3, 0.4) is 0 Å². The SMILES string of the molecule is C=CCC(=O)N(CCCCNCC1CC(O)c2ccccc2O1)S(=O)(=O)C(C)C=C. The molecule has 1 aliphatic heterocycles. The summed E-state index contributed by atoms with van der Waals surface area (Å²) < 4.78 is 32.0. The zero-order valence-corrected chi connectivity index (χ0v) is 18.3. The maximum absolute atomic E-state index is 12.6. The van der Waals surface area contributed by atoms with E-state index >= 15 is 0 Å². The molecule has 1 heterocycles. The number of sulfonamides is 1. The first-order valence-electron chi connectivity index (χ1n) is 10.2. The number of carbonyl (C=O) groups is 1. The Balaban J connectivity index is 1.78. The molecule has 0 aliphatic carbocycles. The summed E-state index contributed by atoms with van der Waals surface area (Å²) in [5.74, 6) is 0.232. The van der Waals surface area contributed by atoms with Crippen molar-refractivity contribution in [3.63, 3.8) is 0 Å². The Hall–Kier alpha value is -2.16. The Kier molecular flexibility index (Phi) is 9.08. The fourth-order valence-electron chi connectivity index (χ4n) is 3.30. The van der Waals surface area contributed by atoms with Gasteiger partial charge in [0.05, 0.1) is 11.4 Å². The van der Waals surface area contributed by atoms with Gasteiger partial charge in [0.2, 0.25) is 15.9 Å². The van der Waals surface area contributed by atoms with E-state index in [9.17, 15) is 18.3 Å². The molecule has 3 atom stereocenters. The second kappa shape index (κ2) is 11.3. The maximum atomic E-state index is 12.6. The molecule has 3 unspecified atom stereocenters. The summed E-state index contributed by atoms with van der Waals surface area (Å²) in [6.45, 7) is 9.90. The number of rotatable bonds is 12. The van der Waals surface area contributed by atoms with Crippen molar-refractivity contribution in [2.45, 2.75) is 50.1 Å². The van der Waals surface area contributed by atoms with Gasteiger partial charge in [-0.05, 0) is 32.4 Å². The number of amides is 1. The van der Waals surface area contributed by atoms with E-state index in [1.807, 2.05) is 24.3 Å². The molecule has 1 amide bonds. The van der Waals surface area contributed by atoms with Gasteiger partial charge in [-0.2, -0.15) is 0 Å². The summed E-state index contributed by atoms with van der Waals surface area (Å²) in [4.78, 5) is 12.3. The molecule has 30 heavy (non-hydrogen) atoms. The predicted molar refractivity (Wildman–Crippen MR) is 118 cm³/mol. The third-order valence-corrected chi connectivity index (χ3v) is 7.23. The smallest absolute Gasteiger partial charge is 0.243 e. The number of hydrogen-bond donors (Lipinski definition) is 2. The zero-order valence-electron chi connectivity index (χ0n) is 17.5. The van der Waals surface area contributed by atoms with Gasteiger partial charge in [0.1, 0.15) is 11.9 Å². The molecule has 0 spiro atoms. The average molecular weight is 437 g/mol. The molecule has 8 heteroatoms. The largest absolute Gasteiger partial charge is 0.489 e. The molecule has 2 N–H and O–H groups in total. The van der Waals surface area contributed by atoms with Gasteiger partial charge in [-0.3, -0.25) is 4.79 Å². The number of nitrogens with zero attached hydrogens (tertiary/aromatic N) is 1. The van der Waals surface area contributed by atoms with Crippen molar-refractivity contribution in [2.75, 3.05) is 19.6 Å². The molecule has 2 rings (SSSR count). The third-order valence-electron chi connectivity index (χ3n) is 5.10. The van der Waals surface area contributed by atoms with Gasteiger partial charge < -0.3 is 15.2 Å². The van der Waals surface area contributed by atoms with Crippen molar-refractivity contribution in [3.8, 4) is 5.75 Å². The van der Waals surface area contributed by atoms with E-state index in [1.165, 1.54) is 19.1 Å². The van der Waals surface area contributed by atoms with Gasteiger partial charge in [0, 0.05) is 31.5 Å². The Bertz CT molecular complexity index is 840. The first kappa shape index (κ1) is 24.1. The minimum atomic E-state index is -3.77. The van der Waals surface area contributed by atoms with Gasteiger partial charge in [-0.15, -0.1) is 13.2 Å². The van der Waals surface area contributed by atoms with Crippen LogP contribution in [0.15, 0.2) is 49.6 Å². The standard InChI is InChI=1S/C22H32N2O5S/c1-4-10-22(26)24(30(27,28)17(3)5-2)14-9-8-13-23-16-18-15-20(25)19-11-6-7-12-21(19)29-18/h4-7,11-12,17-18,20,23,25H,1-2,8-10,13-16H2,3H3. The number of fused-ring (bicyclic) bond motifs is 1. The highest BCUT2D eigenvalue weighted by molar-refractivity contribution is 7.90.